The highest BCUT2D eigenvalue weighted by Gasteiger charge is 2.44. The molecule has 4 rings (SSSR count). The van der Waals surface area contributed by atoms with E-state index in [4.69, 9.17) is 4.74 Å². The van der Waals surface area contributed by atoms with E-state index >= 15 is 0 Å². The number of carbonyl (C=O) groups is 1. The lowest BCUT2D eigenvalue weighted by molar-refractivity contribution is -0.121. The van der Waals surface area contributed by atoms with E-state index in [9.17, 15) is 4.79 Å². The fourth-order valence-electron chi connectivity index (χ4n) is 3.69. The Hall–Kier alpha value is -0.940. The van der Waals surface area contributed by atoms with E-state index in [1.807, 2.05) is 0 Å². The number of nitrogens with zero attached hydrogens (tertiary/aromatic N) is 1. The summed E-state index contributed by atoms with van der Waals surface area (Å²) in [5.41, 5.74) is 1.21. The molecule has 108 valence electrons. The van der Waals surface area contributed by atoms with Crippen LogP contribution < -0.4 is 5.32 Å². The molecular weight excluding hydrogens is 272 g/mol. The van der Waals surface area contributed by atoms with Gasteiger partial charge in [-0.2, -0.15) is 0 Å². The second-order valence-electron chi connectivity index (χ2n) is 6.15. The van der Waals surface area contributed by atoms with E-state index < -0.39 is 0 Å². The largest absolute Gasteiger partial charge is 0.374 e. The number of aryl methyl sites for hydroxylation is 2. The van der Waals surface area contributed by atoms with Gasteiger partial charge in [-0.25, -0.2) is 4.98 Å². The van der Waals surface area contributed by atoms with Crippen molar-refractivity contribution in [3.8, 4) is 0 Å². The van der Waals surface area contributed by atoms with Gasteiger partial charge in [0.1, 0.15) is 0 Å². The maximum absolute atomic E-state index is 12.4. The van der Waals surface area contributed by atoms with Crippen LogP contribution in [-0.4, -0.2) is 23.1 Å². The highest BCUT2D eigenvalue weighted by atomic mass is 32.1. The standard InChI is InChI=1S/C15H20N2O2S/c18-14(10-8-9-6-7-12(10)19-9)17-15-16-11-4-2-1-3-5-13(11)20-15/h9-10,12H,1-8H2,(H,16,17,18). The van der Waals surface area contributed by atoms with E-state index in [1.165, 1.54) is 29.8 Å². The molecule has 1 N–H and O–H groups in total. The average molecular weight is 292 g/mol. The Bertz CT molecular complexity index is 504. The molecule has 4 nitrogen and oxygen atoms in total. The first-order valence-corrected chi connectivity index (χ1v) is 8.56. The van der Waals surface area contributed by atoms with Gasteiger partial charge in [0.15, 0.2) is 5.13 Å². The van der Waals surface area contributed by atoms with Crippen molar-refractivity contribution in [2.24, 2.45) is 5.92 Å². The summed E-state index contributed by atoms with van der Waals surface area (Å²) in [5.74, 6) is 0.151. The van der Waals surface area contributed by atoms with Crippen LogP contribution in [0, 0.1) is 5.92 Å². The first kappa shape index (κ1) is 12.8. The quantitative estimate of drug-likeness (QED) is 0.853. The van der Waals surface area contributed by atoms with Gasteiger partial charge < -0.3 is 10.1 Å². The van der Waals surface area contributed by atoms with E-state index in [0.29, 0.717) is 6.10 Å². The Morgan fingerprint density at radius 3 is 2.95 bits per heavy atom. The second-order valence-corrected chi connectivity index (χ2v) is 7.24. The van der Waals surface area contributed by atoms with E-state index in [-0.39, 0.29) is 17.9 Å². The number of rotatable bonds is 2. The van der Waals surface area contributed by atoms with Crippen LogP contribution in [0.25, 0.3) is 0 Å². The van der Waals surface area contributed by atoms with Crippen molar-refractivity contribution in [2.45, 2.75) is 63.6 Å². The SMILES string of the molecule is O=C(Nc1nc2c(s1)CCCCC2)C1CC2CCC1O2. The summed E-state index contributed by atoms with van der Waals surface area (Å²) in [6, 6.07) is 0. The molecule has 3 unspecified atom stereocenters. The van der Waals surface area contributed by atoms with Crippen LogP contribution in [0.15, 0.2) is 0 Å². The van der Waals surface area contributed by atoms with Crippen molar-refractivity contribution in [2.75, 3.05) is 5.32 Å². The van der Waals surface area contributed by atoms with Crippen LogP contribution >= 0.6 is 11.3 Å². The zero-order valence-corrected chi connectivity index (χ0v) is 12.4. The van der Waals surface area contributed by atoms with Gasteiger partial charge >= 0.3 is 0 Å². The molecular formula is C15H20N2O2S. The molecule has 3 atom stereocenters. The highest BCUT2D eigenvalue weighted by molar-refractivity contribution is 7.15. The third kappa shape index (κ3) is 2.27. The van der Waals surface area contributed by atoms with E-state index in [0.717, 1.165) is 37.2 Å². The molecule has 2 bridgehead atoms. The van der Waals surface area contributed by atoms with Crippen LogP contribution in [0.1, 0.15) is 49.1 Å². The lowest BCUT2D eigenvalue weighted by Gasteiger charge is -2.16. The van der Waals surface area contributed by atoms with Gasteiger partial charge in [0, 0.05) is 4.88 Å². The average Bonchev–Trinajstić information content (AvgIpc) is 3.12. The molecule has 0 spiro atoms. The van der Waals surface area contributed by atoms with Crippen molar-refractivity contribution >= 4 is 22.4 Å². The third-order valence-electron chi connectivity index (χ3n) is 4.77. The van der Waals surface area contributed by atoms with Gasteiger partial charge in [0.2, 0.25) is 5.91 Å². The first-order chi connectivity index (χ1) is 9.79. The first-order valence-electron chi connectivity index (χ1n) is 7.74. The van der Waals surface area contributed by atoms with Crippen LogP contribution in [0.3, 0.4) is 0 Å². The fourth-order valence-corrected chi connectivity index (χ4v) is 4.75. The number of carbonyl (C=O) groups excluding carboxylic acids is 1. The lowest BCUT2D eigenvalue weighted by atomic mass is 9.89. The molecule has 2 saturated heterocycles. The normalized spacial score (nSPS) is 31.9. The number of nitrogens with one attached hydrogen (secondary N) is 1. The number of hydrogen-bond acceptors (Lipinski definition) is 4. The Labute approximate surface area is 122 Å². The Kier molecular flexibility index (Phi) is 3.27. The number of anilines is 1. The molecule has 20 heavy (non-hydrogen) atoms. The summed E-state index contributed by atoms with van der Waals surface area (Å²) < 4.78 is 5.76. The van der Waals surface area contributed by atoms with Crippen molar-refractivity contribution in [1.29, 1.82) is 0 Å². The van der Waals surface area contributed by atoms with Crippen molar-refractivity contribution in [3.05, 3.63) is 10.6 Å². The number of fused-ring (bicyclic) bond motifs is 3. The van der Waals surface area contributed by atoms with Crippen molar-refractivity contribution < 1.29 is 9.53 Å². The second kappa shape index (κ2) is 5.11. The Balaban J connectivity index is 1.45. The molecule has 0 radical (unpaired) electrons. The molecule has 0 aromatic carbocycles. The van der Waals surface area contributed by atoms with Crippen molar-refractivity contribution in [3.63, 3.8) is 0 Å². The van der Waals surface area contributed by atoms with Crippen LogP contribution in [0.5, 0.6) is 0 Å². The smallest absolute Gasteiger partial charge is 0.231 e. The minimum Gasteiger partial charge on any atom is -0.374 e. The van der Waals surface area contributed by atoms with Gasteiger partial charge in [-0.05, 0) is 44.9 Å². The molecule has 3 aliphatic rings. The number of ether oxygens (including phenoxy) is 1. The maximum atomic E-state index is 12.4. The zero-order valence-electron chi connectivity index (χ0n) is 11.6. The molecule has 5 heteroatoms. The predicted molar refractivity (Wildman–Crippen MR) is 78.0 cm³/mol. The molecule has 1 aromatic rings. The van der Waals surface area contributed by atoms with Crippen LogP contribution in [-0.2, 0) is 22.4 Å². The predicted octanol–water partition coefficient (Wildman–Crippen LogP) is 2.92. The molecule has 2 fully saturated rings. The third-order valence-corrected chi connectivity index (χ3v) is 5.84. The van der Waals surface area contributed by atoms with Crippen LogP contribution in [0.4, 0.5) is 5.13 Å². The summed E-state index contributed by atoms with van der Waals surface area (Å²) >= 11 is 1.67. The fraction of sp³-hybridized carbons (Fsp3) is 0.733. The molecule has 3 heterocycles. The molecule has 1 aliphatic carbocycles. The zero-order chi connectivity index (χ0) is 13.5. The lowest BCUT2D eigenvalue weighted by Crippen LogP contribution is -2.30. The van der Waals surface area contributed by atoms with Crippen LogP contribution in [0.2, 0.25) is 0 Å². The molecule has 1 aromatic heterocycles. The Morgan fingerprint density at radius 1 is 1.25 bits per heavy atom. The Morgan fingerprint density at radius 2 is 2.15 bits per heavy atom. The summed E-state index contributed by atoms with van der Waals surface area (Å²) in [6.45, 7) is 0. The van der Waals surface area contributed by atoms with E-state index in [1.54, 1.807) is 11.3 Å². The summed E-state index contributed by atoms with van der Waals surface area (Å²) in [7, 11) is 0. The van der Waals surface area contributed by atoms with Crippen molar-refractivity contribution in [1.82, 2.24) is 4.98 Å². The minimum absolute atomic E-state index is 0.0393. The van der Waals surface area contributed by atoms with Gasteiger partial charge in [-0.3, -0.25) is 4.79 Å². The summed E-state index contributed by atoms with van der Waals surface area (Å²) in [6.07, 6.45) is 9.50. The highest BCUT2D eigenvalue weighted by Crippen LogP contribution is 2.39. The van der Waals surface area contributed by atoms with E-state index in [2.05, 4.69) is 10.3 Å². The summed E-state index contributed by atoms with van der Waals surface area (Å²) in [4.78, 5) is 18.4. The number of aromatic nitrogens is 1. The topological polar surface area (TPSA) is 51.2 Å². The monoisotopic (exact) mass is 292 g/mol. The maximum Gasteiger partial charge on any atom is 0.231 e. The number of hydrogen-bond donors (Lipinski definition) is 1. The molecule has 0 saturated carbocycles. The minimum atomic E-state index is 0.0393. The summed E-state index contributed by atoms with van der Waals surface area (Å²) in [5, 5.41) is 3.83. The van der Waals surface area contributed by atoms with Gasteiger partial charge in [0.05, 0.1) is 23.8 Å². The molecule has 2 aliphatic heterocycles. The number of thiazole rings is 1. The van der Waals surface area contributed by atoms with Gasteiger partial charge in [0.25, 0.3) is 0 Å². The molecule has 1 amide bonds. The van der Waals surface area contributed by atoms with Gasteiger partial charge in [-0.15, -0.1) is 11.3 Å². The van der Waals surface area contributed by atoms with Gasteiger partial charge in [-0.1, -0.05) is 6.42 Å². The number of amides is 1.